The van der Waals surface area contributed by atoms with Crippen molar-refractivity contribution in [1.29, 1.82) is 5.26 Å². The Hall–Kier alpha value is -3.40. The lowest BCUT2D eigenvalue weighted by Crippen LogP contribution is -2.55. The summed E-state index contributed by atoms with van der Waals surface area (Å²) in [5.41, 5.74) is 2.90. The number of halogens is 2. The normalized spacial score (nSPS) is 24.5. The van der Waals surface area contributed by atoms with Crippen LogP contribution in [-0.4, -0.2) is 40.1 Å². The van der Waals surface area contributed by atoms with Crippen LogP contribution in [0.4, 0.5) is 20.3 Å². The Labute approximate surface area is 189 Å². The molecule has 2 atom stereocenters. The number of aliphatic imine (C=N–C) groups is 1. The molecular formula is C21H21F2N7O2S. The van der Waals surface area contributed by atoms with E-state index in [1.807, 2.05) is 6.07 Å². The molecule has 9 nitrogen and oxygen atoms in total. The van der Waals surface area contributed by atoms with Crippen LogP contribution in [0.5, 0.6) is 0 Å². The first-order valence-electron chi connectivity index (χ1n) is 9.76. The topological polar surface area (TPSA) is 153 Å². The number of nitrogens with zero attached hydrogens (tertiary/aromatic N) is 5. The average molecular weight is 474 g/mol. The van der Waals surface area contributed by atoms with E-state index in [1.54, 1.807) is 6.07 Å². The van der Waals surface area contributed by atoms with Crippen molar-refractivity contribution in [1.82, 2.24) is 15.0 Å². The van der Waals surface area contributed by atoms with Crippen LogP contribution in [0, 0.1) is 17.1 Å². The molecule has 1 aliphatic heterocycles. The largest absolute Gasteiger partial charge is 0.386 e. The monoisotopic (exact) mass is 473 g/mol. The van der Waals surface area contributed by atoms with Crippen LogP contribution in [0.3, 0.4) is 0 Å². The van der Waals surface area contributed by atoms with Gasteiger partial charge in [0.15, 0.2) is 5.82 Å². The minimum Gasteiger partial charge on any atom is -0.386 e. The fraction of sp³-hybridized carbons (Fsp3) is 0.286. The average Bonchev–Trinajstić information content (AvgIpc) is 2.78. The molecule has 0 aliphatic carbocycles. The first-order chi connectivity index (χ1) is 15.4. The smallest absolute Gasteiger partial charge is 0.217 e. The zero-order chi connectivity index (χ0) is 24.2. The van der Waals surface area contributed by atoms with E-state index in [9.17, 15) is 13.5 Å². The first kappa shape index (κ1) is 22.8. The van der Waals surface area contributed by atoms with Crippen LogP contribution >= 0.6 is 10.6 Å². The second-order valence-electron chi connectivity index (χ2n) is 8.31. The van der Waals surface area contributed by atoms with Crippen molar-refractivity contribution in [3.63, 3.8) is 0 Å². The van der Waals surface area contributed by atoms with Gasteiger partial charge < -0.3 is 11.1 Å². The zero-order valence-corrected chi connectivity index (χ0v) is 18.7. The first-order valence-corrected chi connectivity index (χ1v) is 11.4. The number of hydrogen-bond acceptors (Lipinski definition) is 9. The van der Waals surface area contributed by atoms with E-state index in [0.717, 1.165) is 6.07 Å². The molecule has 1 aromatic carbocycles. The number of nitrogens with two attached hydrogens (primary N) is 1. The Bertz CT molecular complexity index is 1340. The van der Waals surface area contributed by atoms with E-state index in [-0.39, 0.29) is 17.2 Å². The summed E-state index contributed by atoms with van der Waals surface area (Å²) in [5.74, 6) is -0.696. The second-order valence-corrected chi connectivity index (χ2v) is 10.9. The lowest BCUT2D eigenvalue weighted by molar-refractivity contribution is 0.244. The molecule has 0 bridgehead atoms. The van der Waals surface area contributed by atoms with Gasteiger partial charge in [0.05, 0.1) is 11.1 Å². The molecule has 0 saturated carbocycles. The van der Waals surface area contributed by atoms with E-state index in [1.165, 1.54) is 45.4 Å². The molecule has 4 rings (SSSR count). The molecule has 5 N–H and O–H groups in total. The van der Waals surface area contributed by atoms with Gasteiger partial charge in [0.2, 0.25) is 5.50 Å². The maximum Gasteiger partial charge on any atom is 0.217 e. The summed E-state index contributed by atoms with van der Waals surface area (Å²) in [6.45, 7) is 4.03. The summed E-state index contributed by atoms with van der Waals surface area (Å²) < 4.78 is 50.1. The van der Waals surface area contributed by atoms with Gasteiger partial charge in [-0.25, -0.2) is 23.7 Å². The number of alkyl halides is 1. The zero-order valence-electron chi connectivity index (χ0n) is 17.9. The molecule has 2 aromatic heterocycles. The Balaban J connectivity index is 1.80. The molecule has 12 heteroatoms. The fourth-order valence-electron chi connectivity index (χ4n) is 3.57. The van der Waals surface area contributed by atoms with Gasteiger partial charge >= 0.3 is 0 Å². The van der Waals surface area contributed by atoms with Crippen LogP contribution in [-0.2, 0) is 5.54 Å². The summed E-state index contributed by atoms with van der Waals surface area (Å²) in [7, 11) is -3.94. The standard InChI is InChI=1S/C21H21F2N7O2S/c1-20(2)19(25)30-21(3,18(23)33(20,31)32)13-7-12(4-5-14(13)22)29-17-16-15(27-10-28-17)6-11(8-24)9-26-16/h4-7,9-10,18,31-32H,1-3H3,(H2,25,30)(H,27,28,29)/t18?,21-/m1/s1. The Morgan fingerprint density at radius 2 is 1.91 bits per heavy atom. The van der Waals surface area contributed by atoms with Crippen LogP contribution in [0.25, 0.3) is 11.0 Å². The number of rotatable bonds is 3. The number of nitrogens with one attached hydrogen (secondary N) is 1. The highest BCUT2D eigenvalue weighted by molar-refractivity contribution is 8.26. The molecule has 0 spiro atoms. The maximum atomic E-state index is 15.5. The number of anilines is 2. The van der Waals surface area contributed by atoms with Crippen molar-refractivity contribution >= 4 is 39.0 Å². The third kappa shape index (κ3) is 3.45. The number of pyridine rings is 1. The van der Waals surface area contributed by atoms with Gasteiger partial charge in [0, 0.05) is 17.4 Å². The van der Waals surface area contributed by atoms with Crippen LogP contribution in [0.1, 0.15) is 31.9 Å². The highest BCUT2D eigenvalue weighted by atomic mass is 32.3. The molecular weight excluding hydrogens is 452 g/mol. The van der Waals surface area contributed by atoms with Crippen molar-refractivity contribution < 1.29 is 17.9 Å². The summed E-state index contributed by atoms with van der Waals surface area (Å²) in [6.07, 6.45) is 2.65. The van der Waals surface area contributed by atoms with Gasteiger partial charge in [-0.2, -0.15) is 15.9 Å². The number of benzene rings is 1. The Kier molecular flexibility index (Phi) is 5.24. The number of nitriles is 1. The highest BCUT2D eigenvalue weighted by Crippen LogP contribution is 2.64. The predicted octanol–water partition coefficient (Wildman–Crippen LogP) is 4.19. The molecule has 0 saturated heterocycles. The molecule has 1 unspecified atom stereocenters. The predicted molar refractivity (Wildman–Crippen MR) is 123 cm³/mol. The van der Waals surface area contributed by atoms with Crippen LogP contribution in [0.15, 0.2) is 41.8 Å². The minimum atomic E-state index is -3.94. The van der Waals surface area contributed by atoms with Crippen molar-refractivity contribution in [3.8, 4) is 6.07 Å². The van der Waals surface area contributed by atoms with Crippen molar-refractivity contribution in [2.24, 2.45) is 10.7 Å². The maximum absolute atomic E-state index is 15.5. The van der Waals surface area contributed by atoms with E-state index >= 15 is 4.39 Å². The minimum absolute atomic E-state index is 0.184. The summed E-state index contributed by atoms with van der Waals surface area (Å²) >= 11 is 0. The van der Waals surface area contributed by atoms with Crippen molar-refractivity contribution in [3.05, 3.63) is 53.7 Å². The summed E-state index contributed by atoms with van der Waals surface area (Å²) in [6, 6.07) is 7.35. The van der Waals surface area contributed by atoms with E-state index in [4.69, 9.17) is 11.0 Å². The lowest BCUT2D eigenvalue weighted by Gasteiger charge is -2.55. The van der Waals surface area contributed by atoms with Gasteiger partial charge in [0.25, 0.3) is 0 Å². The molecule has 33 heavy (non-hydrogen) atoms. The Morgan fingerprint density at radius 3 is 2.61 bits per heavy atom. The summed E-state index contributed by atoms with van der Waals surface area (Å²) in [4.78, 5) is 16.6. The molecule has 1 aliphatic rings. The van der Waals surface area contributed by atoms with E-state index in [2.05, 4.69) is 25.3 Å². The second kappa shape index (κ2) is 7.58. The van der Waals surface area contributed by atoms with Gasteiger partial charge in [0.1, 0.15) is 39.9 Å². The third-order valence-electron chi connectivity index (χ3n) is 5.83. The number of aromatic nitrogens is 3. The van der Waals surface area contributed by atoms with Crippen molar-refractivity contribution in [2.45, 2.75) is 36.6 Å². The number of fused-ring (bicyclic) bond motifs is 1. The van der Waals surface area contributed by atoms with E-state index < -0.39 is 32.2 Å². The number of amidine groups is 1. The van der Waals surface area contributed by atoms with Gasteiger partial charge in [-0.3, -0.25) is 14.1 Å². The lowest BCUT2D eigenvalue weighted by atomic mass is 9.91. The highest BCUT2D eigenvalue weighted by Gasteiger charge is 2.57. The number of hydrogen-bond donors (Lipinski definition) is 4. The van der Waals surface area contributed by atoms with Gasteiger partial charge in [-0.15, -0.1) is 0 Å². The van der Waals surface area contributed by atoms with E-state index in [0.29, 0.717) is 22.3 Å². The van der Waals surface area contributed by atoms with Gasteiger partial charge in [-0.1, -0.05) is 0 Å². The SMILES string of the molecule is CC1(C)C(N)=N[C@](C)(c2cc(Nc3ncnc4cc(C#N)cnc34)ccc2F)C(F)S1(O)O. The molecule has 0 radical (unpaired) electrons. The quantitative estimate of drug-likeness (QED) is 0.442. The van der Waals surface area contributed by atoms with Crippen molar-refractivity contribution in [2.75, 3.05) is 5.32 Å². The fourth-order valence-corrected chi connectivity index (χ4v) is 5.27. The molecule has 3 heterocycles. The van der Waals surface area contributed by atoms with Crippen LogP contribution in [0.2, 0.25) is 0 Å². The van der Waals surface area contributed by atoms with Crippen LogP contribution < -0.4 is 11.1 Å². The third-order valence-corrected chi connectivity index (χ3v) is 8.58. The Morgan fingerprint density at radius 1 is 1.18 bits per heavy atom. The molecule has 3 aromatic rings. The summed E-state index contributed by atoms with van der Waals surface area (Å²) in [5, 5.41) is 12.0. The van der Waals surface area contributed by atoms with Gasteiger partial charge in [-0.05, 0) is 45.0 Å². The molecule has 0 fully saturated rings. The molecule has 172 valence electrons. The molecule has 0 amide bonds.